The van der Waals surface area contributed by atoms with E-state index < -0.39 is 23.9 Å². The number of nitrogens with zero attached hydrogens (tertiary/aromatic N) is 4. The van der Waals surface area contributed by atoms with Gasteiger partial charge >= 0.3 is 0 Å². The Hall–Kier alpha value is -5.66. The van der Waals surface area contributed by atoms with Crippen LogP contribution in [0.3, 0.4) is 0 Å². The average molecular weight is 702 g/mol. The van der Waals surface area contributed by atoms with Crippen molar-refractivity contribution in [3.63, 3.8) is 0 Å². The highest BCUT2D eigenvalue weighted by molar-refractivity contribution is 6.30. The van der Waals surface area contributed by atoms with Crippen molar-refractivity contribution in [2.45, 2.75) is 38.8 Å². The topological polar surface area (TPSA) is 181 Å². The van der Waals surface area contributed by atoms with Crippen LogP contribution >= 0.6 is 23.2 Å². The number of nitrogens with one attached hydrogen (secondary N) is 4. The maximum atomic E-state index is 12.7. The smallest absolute Gasteiger partial charge is 0.248 e. The van der Waals surface area contributed by atoms with Crippen LogP contribution in [0.1, 0.15) is 25.2 Å². The van der Waals surface area contributed by atoms with Gasteiger partial charge in [0.25, 0.3) is 0 Å². The van der Waals surface area contributed by atoms with Crippen LogP contribution in [-0.2, 0) is 32.0 Å². The molecule has 49 heavy (non-hydrogen) atoms. The molecule has 5 rings (SSSR count). The second-order valence-corrected chi connectivity index (χ2v) is 11.8. The molecule has 0 fully saturated rings. The fraction of sp³-hybridized carbons (Fsp3) is 0.176. The molecular formula is C34H30Cl2N8O5. The molecule has 0 spiro atoms. The summed E-state index contributed by atoms with van der Waals surface area (Å²) in [6, 6.07) is 18.4. The van der Waals surface area contributed by atoms with E-state index in [4.69, 9.17) is 27.6 Å². The van der Waals surface area contributed by atoms with Gasteiger partial charge in [0.15, 0.2) is 0 Å². The van der Waals surface area contributed by atoms with Crippen LogP contribution in [0.5, 0.6) is 0 Å². The van der Waals surface area contributed by atoms with E-state index in [2.05, 4.69) is 41.4 Å². The van der Waals surface area contributed by atoms with E-state index >= 15 is 0 Å². The van der Waals surface area contributed by atoms with E-state index in [1.165, 1.54) is 12.4 Å². The minimum Gasteiger partial charge on any atom is -0.416 e. The molecule has 0 saturated heterocycles. The summed E-state index contributed by atoms with van der Waals surface area (Å²) < 4.78 is 5.86. The number of carbonyl (C=O) groups is 4. The van der Waals surface area contributed by atoms with Crippen LogP contribution in [0.25, 0.3) is 22.9 Å². The molecule has 3 aromatic heterocycles. The summed E-state index contributed by atoms with van der Waals surface area (Å²) in [5.41, 5.74) is 3.26. The van der Waals surface area contributed by atoms with Gasteiger partial charge < -0.3 is 25.7 Å². The number of benzene rings is 2. The van der Waals surface area contributed by atoms with Gasteiger partial charge in [0.05, 0.1) is 24.2 Å². The van der Waals surface area contributed by atoms with Gasteiger partial charge in [-0.2, -0.15) is 0 Å². The van der Waals surface area contributed by atoms with Gasteiger partial charge in [-0.3, -0.25) is 29.1 Å². The zero-order chi connectivity index (χ0) is 34.9. The summed E-state index contributed by atoms with van der Waals surface area (Å²) in [5.74, 6) is -0.996. The lowest BCUT2D eigenvalue weighted by molar-refractivity contribution is -0.125. The Bertz CT molecular complexity index is 1830. The Morgan fingerprint density at radius 1 is 0.633 bits per heavy atom. The van der Waals surface area contributed by atoms with Crippen LogP contribution in [0.2, 0.25) is 10.0 Å². The van der Waals surface area contributed by atoms with Crippen molar-refractivity contribution in [2.75, 3.05) is 10.6 Å². The molecule has 4 amide bonds. The summed E-state index contributed by atoms with van der Waals surface area (Å²) in [7, 11) is 0. The first-order valence-corrected chi connectivity index (χ1v) is 15.7. The number of carbonyl (C=O) groups excluding carboxylic acids is 4. The first-order valence-electron chi connectivity index (χ1n) is 15.0. The molecule has 0 aliphatic rings. The maximum Gasteiger partial charge on any atom is 0.248 e. The quantitative estimate of drug-likeness (QED) is 0.141. The monoisotopic (exact) mass is 700 g/mol. The summed E-state index contributed by atoms with van der Waals surface area (Å²) in [6.45, 7) is 3.16. The second kappa shape index (κ2) is 16.0. The second-order valence-electron chi connectivity index (χ2n) is 10.9. The normalized spacial score (nSPS) is 12.0. The lowest BCUT2D eigenvalue weighted by atomic mass is 10.2. The predicted molar refractivity (Wildman–Crippen MR) is 184 cm³/mol. The summed E-state index contributed by atoms with van der Waals surface area (Å²) in [4.78, 5) is 58.2. The Morgan fingerprint density at radius 3 is 1.39 bits per heavy atom. The van der Waals surface area contributed by atoms with Crippen molar-refractivity contribution in [2.24, 2.45) is 0 Å². The third-order valence-electron chi connectivity index (χ3n) is 7.01. The molecule has 0 radical (unpaired) electrons. The highest BCUT2D eigenvalue weighted by Crippen LogP contribution is 2.26. The van der Waals surface area contributed by atoms with E-state index in [0.29, 0.717) is 43.9 Å². The molecular weight excluding hydrogens is 671 g/mol. The molecule has 5 aromatic rings. The minimum absolute atomic E-state index is 0.00882. The number of amides is 4. The lowest BCUT2D eigenvalue weighted by Crippen LogP contribution is -2.42. The summed E-state index contributed by atoms with van der Waals surface area (Å²) in [5, 5.41) is 20.0. The van der Waals surface area contributed by atoms with Crippen LogP contribution in [0.4, 0.5) is 11.4 Å². The van der Waals surface area contributed by atoms with Crippen LogP contribution in [-0.4, -0.2) is 55.9 Å². The van der Waals surface area contributed by atoms with Gasteiger partial charge in [-0.05, 0) is 86.6 Å². The highest BCUT2D eigenvalue weighted by atomic mass is 35.5. The minimum atomic E-state index is -0.794. The number of anilines is 2. The lowest BCUT2D eigenvalue weighted by Gasteiger charge is -2.14. The number of pyridine rings is 2. The van der Waals surface area contributed by atoms with Gasteiger partial charge in [0.2, 0.25) is 35.4 Å². The maximum absolute atomic E-state index is 12.7. The van der Waals surface area contributed by atoms with Gasteiger partial charge in [0, 0.05) is 44.9 Å². The van der Waals surface area contributed by atoms with Crippen molar-refractivity contribution in [1.82, 2.24) is 30.8 Å². The Labute approximate surface area is 290 Å². The zero-order valence-electron chi connectivity index (χ0n) is 26.2. The van der Waals surface area contributed by atoms with Crippen molar-refractivity contribution >= 4 is 58.2 Å². The number of hydrogen-bond acceptors (Lipinski definition) is 9. The Kier molecular flexibility index (Phi) is 11.3. The molecule has 15 heteroatoms. The Morgan fingerprint density at radius 2 is 1.02 bits per heavy atom. The van der Waals surface area contributed by atoms with Crippen LogP contribution < -0.4 is 21.3 Å². The molecule has 4 N–H and O–H groups in total. The molecule has 0 aliphatic heterocycles. The molecule has 0 aliphatic carbocycles. The fourth-order valence-electron chi connectivity index (χ4n) is 4.49. The highest BCUT2D eigenvalue weighted by Gasteiger charge is 2.19. The van der Waals surface area contributed by atoms with E-state index in [9.17, 15) is 19.2 Å². The van der Waals surface area contributed by atoms with Crippen molar-refractivity contribution in [3.8, 4) is 22.9 Å². The number of halogens is 2. The van der Waals surface area contributed by atoms with Crippen molar-refractivity contribution < 1.29 is 23.6 Å². The van der Waals surface area contributed by atoms with Gasteiger partial charge in [0.1, 0.15) is 12.1 Å². The van der Waals surface area contributed by atoms with Crippen LogP contribution in [0, 0.1) is 0 Å². The molecule has 2 aromatic carbocycles. The first-order chi connectivity index (χ1) is 23.5. The zero-order valence-corrected chi connectivity index (χ0v) is 27.7. The van der Waals surface area contributed by atoms with Crippen molar-refractivity contribution in [3.05, 3.63) is 107 Å². The molecule has 0 unspecified atom stereocenters. The first kappa shape index (κ1) is 34.7. The van der Waals surface area contributed by atoms with Gasteiger partial charge in [-0.1, -0.05) is 23.2 Å². The molecule has 0 bridgehead atoms. The molecule has 250 valence electrons. The summed E-state index contributed by atoms with van der Waals surface area (Å²) in [6.07, 6.45) is 3.01. The fourth-order valence-corrected chi connectivity index (χ4v) is 4.85. The van der Waals surface area contributed by atoms with Gasteiger partial charge in [-0.15, -0.1) is 10.2 Å². The van der Waals surface area contributed by atoms with Crippen LogP contribution in [0.15, 0.2) is 89.6 Å². The third kappa shape index (κ3) is 9.92. The number of hydrogen-bond donors (Lipinski definition) is 4. The summed E-state index contributed by atoms with van der Waals surface area (Å²) >= 11 is 11.9. The SMILES string of the molecule is C[C@H](NC(=O)Cc1cc(Cl)ccn1)C(=O)Nc1ccc(-c2nnc(-c3ccc(NC(=O)[C@H](C)NC(=O)Cc4cc(Cl)ccn4)cc3)o2)cc1. The van der Waals surface area contributed by atoms with E-state index in [0.717, 1.165) is 0 Å². The van der Waals surface area contributed by atoms with E-state index in [-0.39, 0.29) is 36.4 Å². The Balaban J connectivity index is 1.10. The van der Waals surface area contributed by atoms with E-state index in [1.807, 2.05) is 0 Å². The largest absolute Gasteiger partial charge is 0.416 e. The molecule has 13 nitrogen and oxygen atoms in total. The predicted octanol–water partition coefficient (Wildman–Crippen LogP) is 4.87. The van der Waals surface area contributed by atoms with Gasteiger partial charge in [-0.25, -0.2) is 0 Å². The molecule has 0 saturated carbocycles. The molecule has 2 atom stereocenters. The standard InChI is InChI=1S/C34H30Cl2N8O5/c1-19(39-29(45)17-27-15-23(35)11-13-37-27)31(47)41-25-7-3-21(4-8-25)33-43-44-34(49-33)22-5-9-26(10-6-22)42-32(48)20(2)40-30(46)18-28-16-24(36)12-14-38-28/h3-16,19-20H,17-18H2,1-2H3,(H,39,45)(H,40,46)(H,41,47)(H,42,48)/t19-,20-/m0/s1. The number of rotatable bonds is 12. The third-order valence-corrected chi connectivity index (χ3v) is 7.48. The van der Waals surface area contributed by atoms with Crippen molar-refractivity contribution in [1.29, 1.82) is 0 Å². The average Bonchev–Trinajstić information content (AvgIpc) is 3.56. The molecule has 3 heterocycles. The van der Waals surface area contributed by atoms with E-state index in [1.54, 1.807) is 86.6 Å². The number of aromatic nitrogens is 4.